The van der Waals surface area contributed by atoms with Crippen molar-refractivity contribution in [1.29, 1.82) is 0 Å². The highest BCUT2D eigenvalue weighted by Crippen LogP contribution is 2.43. The van der Waals surface area contributed by atoms with Gasteiger partial charge in [-0.3, -0.25) is 4.79 Å². The van der Waals surface area contributed by atoms with Gasteiger partial charge < -0.3 is 14.7 Å². The summed E-state index contributed by atoms with van der Waals surface area (Å²) in [6.07, 6.45) is 5.21. The van der Waals surface area contributed by atoms with Gasteiger partial charge in [0.25, 0.3) is 0 Å². The Morgan fingerprint density at radius 2 is 1.85 bits per heavy atom. The van der Waals surface area contributed by atoms with Gasteiger partial charge in [-0.15, -0.1) is 11.3 Å². The van der Waals surface area contributed by atoms with Crippen molar-refractivity contribution in [3.8, 4) is 5.75 Å². The molecule has 1 aromatic carbocycles. The molecule has 27 heavy (non-hydrogen) atoms. The quantitative estimate of drug-likeness (QED) is 0.778. The van der Waals surface area contributed by atoms with Crippen LogP contribution in [-0.4, -0.2) is 35.5 Å². The number of likely N-dealkylation sites (N-methyl/N-ethyl adjacent to an activating group) is 1. The van der Waals surface area contributed by atoms with E-state index in [9.17, 15) is 9.59 Å². The third kappa shape index (κ3) is 4.50. The van der Waals surface area contributed by atoms with Crippen LogP contribution in [0.1, 0.15) is 42.5 Å². The highest BCUT2D eigenvalue weighted by molar-refractivity contribution is 7.10. The summed E-state index contributed by atoms with van der Waals surface area (Å²) < 4.78 is 5.16. The normalized spacial score (nSPS) is 15.9. The lowest BCUT2D eigenvalue weighted by Gasteiger charge is -2.38. The number of nitrogens with zero attached hydrogens (tertiary/aromatic N) is 1. The minimum absolute atomic E-state index is 0.191. The van der Waals surface area contributed by atoms with E-state index in [-0.39, 0.29) is 17.9 Å². The van der Waals surface area contributed by atoms with Crippen molar-refractivity contribution in [3.05, 3.63) is 52.2 Å². The molecule has 0 unspecified atom stereocenters. The summed E-state index contributed by atoms with van der Waals surface area (Å²) in [5.41, 5.74) is 0.608. The first kappa shape index (κ1) is 19.4. The number of hydrogen-bond donors (Lipinski definition) is 1. The second-order valence-corrected chi connectivity index (χ2v) is 8.06. The number of hydrogen-bond acceptors (Lipinski definition) is 4. The number of rotatable bonds is 7. The van der Waals surface area contributed by atoms with E-state index in [1.165, 1.54) is 11.3 Å². The minimum Gasteiger partial charge on any atom is -0.482 e. The van der Waals surface area contributed by atoms with Crippen LogP contribution in [-0.2, 0) is 21.5 Å². The van der Waals surface area contributed by atoms with Crippen LogP contribution < -0.4 is 4.74 Å². The van der Waals surface area contributed by atoms with E-state index in [4.69, 9.17) is 9.84 Å². The molecule has 0 atom stereocenters. The van der Waals surface area contributed by atoms with Crippen molar-refractivity contribution in [3.63, 3.8) is 0 Å². The number of thiophene rings is 1. The Kier molecular flexibility index (Phi) is 6.16. The monoisotopic (exact) mass is 387 g/mol. The van der Waals surface area contributed by atoms with Crippen LogP contribution in [0.2, 0.25) is 0 Å². The molecule has 0 bridgehead atoms. The second kappa shape index (κ2) is 8.57. The molecular weight excluding hydrogens is 362 g/mol. The first-order valence-corrected chi connectivity index (χ1v) is 10.1. The summed E-state index contributed by atoms with van der Waals surface area (Å²) in [5.74, 6) is -0.302. The third-order valence-corrected chi connectivity index (χ3v) is 6.24. The molecular formula is C21H25NO4S. The van der Waals surface area contributed by atoms with Crippen LogP contribution in [0.25, 0.3) is 0 Å². The van der Waals surface area contributed by atoms with Crippen LogP contribution in [0.3, 0.4) is 0 Å². The zero-order valence-electron chi connectivity index (χ0n) is 15.5. The fourth-order valence-electron chi connectivity index (χ4n) is 3.82. The lowest BCUT2D eigenvalue weighted by atomic mass is 9.72. The van der Waals surface area contributed by atoms with Crippen molar-refractivity contribution >= 4 is 23.2 Å². The maximum Gasteiger partial charge on any atom is 0.341 e. The maximum atomic E-state index is 13.4. The predicted molar refractivity (Wildman–Crippen MR) is 105 cm³/mol. The molecule has 2 aromatic rings. The number of carbonyl (C=O) groups is 2. The van der Waals surface area contributed by atoms with Gasteiger partial charge in [0, 0.05) is 18.5 Å². The molecule has 1 fully saturated rings. The lowest BCUT2D eigenvalue weighted by Crippen LogP contribution is -2.45. The molecule has 1 heterocycles. The summed E-state index contributed by atoms with van der Waals surface area (Å²) in [6.45, 7) is 0.159. The Morgan fingerprint density at radius 1 is 1.15 bits per heavy atom. The minimum atomic E-state index is -1.00. The molecule has 1 aliphatic carbocycles. The zero-order chi connectivity index (χ0) is 19.3. The molecule has 3 rings (SSSR count). The molecule has 1 aliphatic rings. The van der Waals surface area contributed by atoms with Crippen molar-refractivity contribution < 1.29 is 19.4 Å². The van der Waals surface area contributed by atoms with Crippen LogP contribution in [0.4, 0.5) is 0 Å². The molecule has 1 saturated carbocycles. The zero-order valence-corrected chi connectivity index (χ0v) is 16.3. The number of carbonyl (C=O) groups excluding carboxylic acids is 1. The van der Waals surface area contributed by atoms with Gasteiger partial charge >= 0.3 is 5.97 Å². The van der Waals surface area contributed by atoms with Crippen LogP contribution in [0.15, 0.2) is 41.8 Å². The Hall–Kier alpha value is -2.34. The largest absolute Gasteiger partial charge is 0.482 e. The molecule has 5 nitrogen and oxygen atoms in total. The summed E-state index contributed by atoms with van der Waals surface area (Å²) in [5, 5.41) is 10.7. The number of carboxylic acids is 1. The highest BCUT2D eigenvalue weighted by Gasteiger charge is 2.43. The summed E-state index contributed by atoms with van der Waals surface area (Å²) in [7, 11) is 1.86. The Balaban J connectivity index is 1.70. The van der Waals surface area contributed by atoms with Gasteiger partial charge in [-0.1, -0.05) is 37.5 Å². The van der Waals surface area contributed by atoms with E-state index in [1.54, 1.807) is 23.5 Å². The van der Waals surface area contributed by atoms with Crippen molar-refractivity contribution in [2.45, 2.75) is 44.1 Å². The van der Waals surface area contributed by atoms with E-state index in [1.807, 2.05) is 30.1 Å². The predicted octanol–water partition coefficient (Wildman–Crippen LogP) is 4.07. The van der Waals surface area contributed by atoms with Crippen molar-refractivity contribution in [1.82, 2.24) is 4.90 Å². The number of carboxylic acid groups (broad SMARTS) is 1. The molecule has 0 saturated heterocycles. The molecule has 0 aliphatic heterocycles. The summed E-state index contributed by atoms with van der Waals surface area (Å²) >= 11 is 1.68. The molecule has 1 N–H and O–H groups in total. The molecule has 1 amide bonds. The SMILES string of the molecule is CN(Cc1ccc(OCC(=O)O)cc1)C(=O)C1(c2cccs2)CCCCC1. The van der Waals surface area contributed by atoms with Gasteiger partial charge in [-0.2, -0.15) is 0 Å². The van der Waals surface area contributed by atoms with Crippen molar-refractivity contribution in [2.75, 3.05) is 13.7 Å². The first-order chi connectivity index (χ1) is 13.0. The molecule has 0 spiro atoms. The topological polar surface area (TPSA) is 66.8 Å². The average Bonchev–Trinajstić information content (AvgIpc) is 3.22. The Labute approximate surface area is 163 Å². The van der Waals surface area contributed by atoms with Gasteiger partial charge in [0.15, 0.2) is 6.61 Å². The Morgan fingerprint density at radius 3 is 2.44 bits per heavy atom. The number of amides is 1. The van der Waals surface area contributed by atoms with E-state index in [2.05, 4.69) is 11.4 Å². The highest BCUT2D eigenvalue weighted by atomic mass is 32.1. The first-order valence-electron chi connectivity index (χ1n) is 9.24. The van der Waals surface area contributed by atoms with Crippen LogP contribution >= 0.6 is 11.3 Å². The second-order valence-electron chi connectivity index (χ2n) is 7.11. The fourth-order valence-corrected chi connectivity index (χ4v) is 4.80. The molecule has 0 radical (unpaired) electrons. The molecule has 6 heteroatoms. The summed E-state index contributed by atoms with van der Waals surface area (Å²) in [4.78, 5) is 27.0. The van der Waals surface area contributed by atoms with Gasteiger partial charge in [0.2, 0.25) is 5.91 Å². The van der Waals surface area contributed by atoms with E-state index >= 15 is 0 Å². The Bertz CT molecular complexity index is 764. The maximum absolute atomic E-state index is 13.4. The number of aliphatic carboxylic acids is 1. The fraction of sp³-hybridized carbons (Fsp3) is 0.429. The summed E-state index contributed by atoms with van der Waals surface area (Å²) in [6, 6.07) is 11.4. The van der Waals surface area contributed by atoms with Crippen LogP contribution in [0.5, 0.6) is 5.75 Å². The van der Waals surface area contributed by atoms with Gasteiger partial charge in [0.1, 0.15) is 5.75 Å². The third-order valence-electron chi connectivity index (χ3n) is 5.16. The van der Waals surface area contributed by atoms with E-state index in [0.717, 1.165) is 31.2 Å². The smallest absolute Gasteiger partial charge is 0.341 e. The molecule has 144 valence electrons. The van der Waals surface area contributed by atoms with Gasteiger partial charge in [-0.25, -0.2) is 4.79 Å². The number of benzene rings is 1. The number of ether oxygens (including phenoxy) is 1. The van der Waals surface area contributed by atoms with E-state index in [0.29, 0.717) is 12.3 Å². The standard InChI is InChI=1S/C21H25NO4S/c1-22(14-16-7-9-17(10-8-16)26-15-19(23)24)20(25)21(11-3-2-4-12-21)18-6-5-13-27-18/h5-10,13H,2-4,11-12,14-15H2,1H3,(H,23,24). The van der Waals surface area contributed by atoms with Gasteiger partial charge in [-0.05, 0) is 42.0 Å². The van der Waals surface area contributed by atoms with E-state index < -0.39 is 5.97 Å². The molecule has 1 aromatic heterocycles. The average molecular weight is 388 g/mol. The van der Waals surface area contributed by atoms with Gasteiger partial charge in [0.05, 0.1) is 5.41 Å². The van der Waals surface area contributed by atoms with Crippen molar-refractivity contribution in [2.24, 2.45) is 0 Å². The lowest BCUT2D eigenvalue weighted by molar-refractivity contribution is -0.139. The van der Waals surface area contributed by atoms with Crippen LogP contribution in [0, 0.1) is 0 Å².